The summed E-state index contributed by atoms with van der Waals surface area (Å²) in [5.41, 5.74) is 3.06. The van der Waals surface area contributed by atoms with Crippen molar-refractivity contribution >= 4 is 46.3 Å². The van der Waals surface area contributed by atoms with Gasteiger partial charge in [0.25, 0.3) is 5.91 Å². The first-order chi connectivity index (χ1) is 21.2. The van der Waals surface area contributed by atoms with Crippen molar-refractivity contribution in [2.75, 3.05) is 54.8 Å². The highest BCUT2D eigenvalue weighted by atomic mass is 35.5. The maximum atomic E-state index is 13.5. The van der Waals surface area contributed by atoms with Crippen molar-refractivity contribution in [3.63, 3.8) is 0 Å². The Morgan fingerprint density at radius 1 is 1.02 bits per heavy atom. The fraction of sp³-hybridized carbons (Fsp3) is 0.452. The van der Waals surface area contributed by atoms with Crippen LogP contribution in [0.3, 0.4) is 0 Å². The number of alkyl halides is 2. The molecular formula is C31H37ClF2N8O2. The Morgan fingerprint density at radius 2 is 1.80 bits per heavy atom. The zero-order valence-electron chi connectivity index (χ0n) is 24.8. The average molecular weight is 627 g/mol. The van der Waals surface area contributed by atoms with E-state index in [2.05, 4.69) is 54.5 Å². The Balaban J connectivity index is 1.14. The molecule has 1 amide bonds. The van der Waals surface area contributed by atoms with Crippen LogP contribution in [-0.4, -0.2) is 83.6 Å². The Kier molecular flexibility index (Phi) is 9.01. The topological polar surface area (TPSA) is 97.9 Å². The first-order valence-electron chi connectivity index (χ1n) is 15.0. The van der Waals surface area contributed by atoms with E-state index in [0.717, 1.165) is 63.4 Å². The Labute approximate surface area is 260 Å². The fourth-order valence-electron chi connectivity index (χ4n) is 6.26. The summed E-state index contributed by atoms with van der Waals surface area (Å²) in [4.78, 5) is 28.4. The average Bonchev–Trinajstić information content (AvgIpc) is 3.41. The van der Waals surface area contributed by atoms with Gasteiger partial charge in [0.2, 0.25) is 5.95 Å². The molecule has 3 aliphatic rings. The number of amides is 1. The van der Waals surface area contributed by atoms with Crippen LogP contribution in [0.25, 0.3) is 0 Å². The van der Waals surface area contributed by atoms with Gasteiger partial charge in [0.1, 0.15) is 5.02 Å². The first-order valence-corrected chi connectivity index (χ1v) is 15.4. The molecule has 0 aliphatic carbocycles. The molecule has 3 N–H and O–H groups in total. The number of fused-ring (bicyclic) bond motifs is 1. The third kappa shape index (κ3) is 6.67. The van der Waals surface area contributed by atoms with E-state index in [-0.39, 0.29) is 28.4 Å². The van der Waals surface area contributed by atoms with Crippen LogP contribution in [0, 0.1) is 0 Å². The van der Waals surface area contributed by atoms with E-state index in [1.54, 1.807) is 18.2 Å². The molecule has 0 atom stereocenters. The molecule has 10 nitrogen and oxygen atoms in total. The van der Waals surface area contributed by atoms with Crippen LogP contribution in [0.2, 0.25) is 5.02 Å². The van der Waals surface area contributed by atoms with Gasteiger partial charge < -0.3 is 25.6 Å². The minimum atomic E-state index is -3.00. The van der Waals surface area contributed by atoms with Crippen molar-refractivity contribution in [2.24, 2.45) is 0 Å². The zero-order valence-corrected chi connectivity index (χ0v) is 25.6. The third-order valence-corrected chi connectivity index (χ3v) is 8.94. The number of ether oxygens (including phenoxy) is 1. The van der Waals surface area contributed by atoms with Crippen molar-refractivity contribution in [3.8, 4) is 5.75 Å². The van der Waals surface area contributed by atoms with Gasteiger partial charge in [-0.2, -0.15) is 13.8 Å². The highest BCUT2D eigenvalue weighted by molar-refractivity contribution is 6.33. The number of carbonyl (C=O) groups is 1. The summed E-state index contributed by atoms with van der Waals surface area (Å²) in [6, 6.07) is 11.8. The van der Waals surface area contributed by atoms with E-state index in [9.17, 15) is 13.6 Å². The van der Waals surface area contributed by atoms with Crippen molar-refractivity contribution in [2.45, 2.75) is 51.9 Å². The predicted molar refractivity (Wildman–Crippen MR) is 168 cm³/mol. The summed E-state index contributed by atoms with van der Waals surface area (Å²) in [7, 11) is 0. The van der Waals surface area contributed by atoms with Gasteiger partial charge in [-0.3, -0.25) is 14.6 Å². The highest BCUT2D eigenvalue weighted by Crippen LogP contribution is 2.35. The van der Waals surface area contributed by atoms with E-state index in [1.165, 1.54) is 6.20 Å². The molecule has 0 spiro atoms. The Bertz CT molecular complexity index is 1490. The molecule has 234 valence electrons. The largest absolute Gasteiger partial charge is 0.433 e. The quantitative estimate of drug-likeness (QED) is 0.286. The SMILES string of the molecule is CC(C)N1CCN(C2CCN(c3ccc(Nc4ncc(Cl)c(Nc5cccc6c5C(=O)NC6)n4)c(OC(F)F)c3)CC2)CC1. The number of piperazine rings is 1. The van der Waals surface area contributed by atoms with E-state index in [1.807, 2.05) is 18.2 Å². The van der Waals surface area contributed by atoms with Crippen LogP contribution in [0.4, 0.5) is 37.6 Å². The van der Waals surface area contributed by atoms with E-state index >= 15 is 0 Å². The van der Waals surface area contributed by atoms with Gasteiger partial charge in [-0.25, -0.2) is 4.98 Å². The first kappa shape index (κ1) is 30.3. The van der Waals surface area contributed by atoms with Crippen molar-refractivity contribution < 1.29 is 18.3 Å². The number of carbonyl (C=O) groups excluding carboxylic acids is 1. The lowest BCUT2D eigenvalue weighted by Crippen LogP contribution is -2.54. The molecule has 2 saturated heterocycles. The van der Waals surface area contributed by atoms with Crippen molar-refractivity contribution in [3.05, 3.63) is 58.7 Å². The second-order valence-electron chi connectivity index (χ2n) is 11.6. The van der Waals surface area contributed by atoms with Crippen molar-refractivity contribution in [1.29, 1.82) is 0 Å². The van der Waals surface area contributed by atoms with Gasteiger partial charge in [-0.05, 0) is 50.5 Å². The van der Waals surface area contributed by atoms with E-state index in [0.29, 0.717) is 35.6 Å². The number of anilines is 5. The molecule has 3 aliphatic heterocycles. The standard InChI is InChI=1S/C31H37ClF2N8O2/c1-19(2)40-12-14-42(15-13-40)21-8-10-41(11-9-21)22-6-7-24(26(16-22)44-30(33)34)38-31-36-18-23(32)28(39-31)37-25-5-3-4-20-17-35-29(43)27(20)25/h3-7,16,18-19,21,30H,8-15,17H2,1-2H3,(H,35,43)(H2,36,37,38,39). The summed E-state index contributed by atoms with van der Waals surface area (Å²) in [6.07, 6.45) is 3.44. The summed E-state index contributed by atoms with van der Waals surface area (Å²) in [5.74, 6) is 0.196. The number of piperidine rings is 1. The number of hydrogen-bond acceptors (Lipinski definition) is 9. The van der Waals surface area contributed by atoms with Gasteiger partial charge in [-0.1, -0.05) is 23.7 Å². The third-order valence-electron chi connectivity index (χ3n) is 8.67. The summed E-state index contributed by atoms with van der Waals surface area (Å²) in [5, 5.41) is 9.15. The lowest BCUT2D eigenvalue weighted by Gasteiger charge is -2.44. The van der Waals surface area contributed by atoms with Crippen molar-refractivity contribution in [1.82, 2.24) is 25.1 Å². The monoisotopic (exact) mass is 626 g/mol. The lowest BCUT2D eigenvalue weighted by molar-refractivity contribution is -0.0493. The van der Waals surface area contributed by atoms with Crippen LogP contribution in [0.1, 0.15) is 42.6 Å². The Hall–Kier alpha value is -3.74. The number of aromatic nitrogens is 2. The second-order valence-corrected chi connectivity index (χ2v) is 12.0. The molecule has 44 heavy (non-hydrogen) atoms. The van der Waals surface area contributed by atoms with Gasteiger partial charge in [-0.15, -0.1) is 0 Å². The van der Waals surface area contributed by atoms with Gasteiger partial charge >= 0.3 is 6.61 Å². The highest BCUT2D eigenvalue weighted by Gasteiger charge is 2.29. The maximum Gasteiger partial charge on any atom is 0.387 e. The lowest BCUT2D eigenvalue weighted by atomic mass is 10.0. The molecule has 1 aromatic heterocycles. The van der Waals surface area contributed by atoms with Gasteiger partial charge in [0, 0.05) is 69.7 Å². The number of halogens is 3. The molecule has 6 rings (SSSR count). The molecule has 2 aromatic carbocycles. The number of benzene rings is 2. The van der Waals surface area contributed by atoms with Gasteiger partial charge in [0.05, 0.1) is 23.1 Å². The number of nitrogens with zero attached hydrogens (tertiary/aromatic N) is 5. The second kappa shape index (κ2) is 13.1. The van der Waals surface area contributed by atoms with Crippen LogP contribution in [0.5, 0.6) is 5.75 Å². The normalized spacial score (nSPS) is 18.1. The van der Waals surface area contributed by atoms with Crippen LogP contribution < -0.4 is 25.6 Å². The van der Waals surface area contributed by atoms with E-state index < -0.39 is 6.61 Å². The molecule has 2 fully saturated rings. The Morgan fingerprint density at radius 3 is 2.52 bits per heavy atom. The summed E-state index contributed by atoms with van der Waals surface area (Å²) < 4.78 is 31.9. The predicted octanol–water partition coefficient (Wildman–Crippen LogP) is 5.46. The minimum Gasteiger partial charge on any atom is -0.433 e. The minimum absolute atomic E-state index is 0.00459. The molecular weight excluding hydrogens is 590 g/mol. The molecule has 4 heterocycles. The van der Waals surface area contributed by atoms with Crippen LogP contribution >= 0.6 is 11.6 Å². The zero-order chi connectivity index (χ0) is 30.8. The smallest absolute Gasteiger partial charge is 0.387 e. The summed E-state index contributed by atoms with van der Waals surface area (Å²) >= 11 is 6.37. The molecule has 0 radical (unpaired) electrons. The van der Waals surface area contributed by atoms with Crippen LogP contribution in [-0.2, 0) is 6.54 Å². The molecule has 3 aromatic rings. The molecule has 0 unspecified atom stereocenters. The number of rotatable bonds is 9. The maximum absolute atomic E-state index is 13.5. The number of nitrogens with one attached hydrogen (secondary N) is 3. The molecule has 0 saturated carbocycles. The molecule has 13 heteroatoms. The molecule has 0 bridgehead atoms. The van der Waals surface area contributed by atoms with E-state index in [4.69, 9.17) is 16.3 Å². The summed E-state index contributed by atoms with van der Waals surface area (Å²) in [6.45, 7) is 7.99. The number of hydrogen-bond donors (Lipinski definition) is 3. The van der Waals surface area contributed by atoms with Crippen LogP contribution in [0.15, 0.2) is 42.6 Å². The fourth-order valence-corrected chi connectivity index (χ4v) is 6.40. The van der Waals surface area contributed by atoms with Gasteiger partial charge in [0.15, 0.2) is 11.6 Å².